The summed E-state index contributed by atoms with van der Waals surface area (Å²) in [5.74, 6) is 1.32. The van der Waals surface area contributed by atoms with Crippen LogP contribution in [0.15, 0.2) is 16.6 Å². The summed E-state index contributed by atoms with van der Waals surface area (Å²) in [6, 6.07) is 3.83. The van der Waals surface area contributed by atoms with Crippen molar-refractivity contribution in [2.45, 2.75) is 51.2 Å². The Morgan fingerprint density at radius 2 is 1.95 bits per heavy atom. The zero-order chi connectivity index (χ0) is 15.3. The van der Waals surface area contributed by atoms with E-state index in [1.807, 2.05) is 19.1 Å². The average Bonchev–Trinajstić information content (AvgIpc) is 2.47. The molecule has 0 amide bonds. The topological polar surface area (TPSA) is 64.7 Å². The zero-order valence-electron chi connectivity index (χ0n) is 12.5. The van der Waals surface area contributed by atoms with E-state index in [0.717, 1.165) is 35.7 Å². The standard InChI is InChI=1S/C16H24BrNO3/c1-2-20-14-9-12(10-18)8-13(17)15(14)21-11-16(19)6-4-3-5-7-16/h8-9,19H,2-7,10-11,18H2,1H3. The van der Waals surface area contributed by atoms with Crippen molar-refractivity contribution >= 4 is 15.9 Å². The number of rotatable bonds is 6. The summed E-state index contributed by atoms with van der Waals surface area (Å²) in [5, 5.41) is 10.5. The predicted molar refractivity (Wildman–Crippen MR) is 86.7 cm³/mol. The first-order valence-corrected chi connectivity index (χ1v) is 8.38. The molecule has 0 saturated heterocycles. The van der Waals surface area contributed by atoms with E-state index in [1.165, 1.54) is 6.42 Å². The minimum Gasteiger partial charge on any atom is -0.490 e. The van der Waals surface area contributed by atoms with E-state index in [2.05, 4.69) is 15.9 Å². The van der Waals surface area contributed by atoms with Gasteiger partial charge in [0.1, 0.15) is 6.61 Å². The van der Waals surface area contributed by atoms with Crippen LogP contribution < -0.4 is 15.2 Å². The summed E-state index contributed by atoms with van der Waals surface area (Å²) < 4.78 is 12.4. The first kappa shape index (κ1) is 16.6. The molecule has 0 aliphatic heterocycles. The van der Waals surface area contributed by atoms with Gasteiger partial charge in [0, 0.05) is 6.54 Å². The Hall–Kier alpha value is -0.780. The molecule has 1 aromatic rings. The molecule has 1 aliphatic carbocycles. The molecular weight excluding hydrogens is 334 g/mol. The molecular formula is C16H24BrNO3. The first-order valence-electron chi connectivity index (χ1n) is 7.58. The Balaban J connectivity index is 2.14. The third-order valence-electron chi connectivity index (χ3n) is 3.87. The molecule has 0 aromatic heterocycles. The van der Waals surface area contributed by atoms with E-state index in [-0.39, 0.29) is 0 Å². The fourth-order valence-corrected chi connectivity index (χ4v) is 3.31. The molecule has 3 N–H and O–H groups in total. The van der Waals surface area contributed by atoms with E-state index in [9.17, 15) is 5.11 Å². The maximum absolute atomic E-state index is 10.5. The number of benzene rings is 1. The quantitative estimate of drug-likeness (QED) is 0.818. The number of aliphatic hydroxyl groups is 1. The summed E-state index contributed by atoms with van der Waals surface area (Å²) in [6.07, 6.45) is 4.92. The number of nitrogens with two attached hydrogens (primary N) is 1. The maximum atomic E-state index is 10.5. The molecule has 0 heterocycles. The fourth-order valence-electron chi connectivity index (χ4n) is 2.70. The lowest BCUT2D eigenvalue weighted by Crippen LogP contribution is -2.38. The smallest absolute Gasteiger partial charge is 0.175 e. The van der Waals surface area contributed by atoms with Crippen molar-refractivity contribution in [1.82, 2.24) is 0 Å². The largest absolute Gasteiger partial charge is 0.490 e. The van der Waals surface area contributed by atoms with Gasteiger partial charge in [0.05, 0.1) is 16.7 Å². The molecule has 1 aromatic carbocycles. The Kier molecular flexibility index (Phi) is 5.90. The molecule has 0 radical (unpaired) electrons. The highest BCUT2D eigenvalue weighted by Crippen LogP contribution is 2.38. The van der Waals surface area contributed by atoms with Crippen LogP contribution >= 0.6 is 15.9 Å². The highest BCUT2D eigenvalue weighted by atomic mass is 79.9. The van der Waals surface area contributed by atoms with Gasteiger partial charge in [0.2, 0.25) is 0 Å². The van der Waals surface area contributed by atoms with Gasteiger partial charge < -0.3 is 20.3 Å². The van der Waals surface area contributed by atoms with Gasteiger partial charge >= 0.3 is 0 Å². The lowest BCUT2D eigenvalue weighted by Gasteiger charge is -2.32. The summed E-state index contributed by atoms with van der Waals surface area (Å²) >= 11 is 3.51. The monoisotopic (exact) mass is 357 g/mol. The van der Waals surface area contributed by atoms with Crippen molar-refractivity contribution < 1.29 is 14.6 Å². The van der Waals surface area contributed by atoms with Gasteiger partial charge in [-0.05, 0) is 53.4 Å². The molecule has 0 bridgehead atoms. The third-order valence-corrected chi connectivity index (χ3v) is 4.46. The Bertz CT molecular complexity index is 473. The molecule has 4 nitrogen and oxygen atoms in total. The minimum absolute atomic E-state index is 0.299. The maximum Gasteiger partial charge on any atom is 0.175 e. The predicted octanol–water partition coefficient (Wildman–Crippen LogP) is 3.38. The van der Waals surface area contributed by atoms with E-state index >= 15 is 0 Å². The fraction of sp³-hybridized carbons (Fsp3) is 0.625. The minimum atomic E-state index is -0.715. The average molecular weight is 358 g/mol. The van der Waals surface area contributed by atoms with E-state index in [1.54, 1.807) is 0 Å². The summed E-state index contributed by atoms with van der Waals surface area (Å²) in [6.45, 7) is 3.24. The normalized spacial score (nSPS) is 17.5. The second-order valence-electron chi connectivity index (χ2n) is 5.62. The number of ether oxygens (including phenoxy) is 2. The van der Waals surface area contributed by atoms with Gasteiger partial charge in [-0.1, -0.05) is 19.3 Å². The second kappa shape index (κ2) is 7.47. The molecule has 1 fully saturated rings. The van der Waals surface area contributed by atoms with Crippen LogP contribution in [0.2, 0.25) is 0 Å². The highest BCUT2D eigenvalue weighted by Gasteiger charge is 2.30. The van der Waals surface area contributed by atoms with Gasteiger partial charge in [-0.15, -0.1) is 0 Å². The van der Waals surface area contributed by atoms with Crippen LogP contribution in [0.5, 0.6) is 11.5 Å². The van der Waals surface area contributed by atoms with Crippen LogP contribution in [-0.4, -0.2) is 23.9 Å². The molecule has 0 atom stereocenters. The molecule has 5 heteroatoms. The van der Waals surface area contributed by atoms with Crippen LogP contribution in [0.3, 0.4) is 0 Å². The third kappa shape index (κ3) is 4.34. The van der Waals surface area contributed by atoms with Crippen molar-refractivity contribution in [3.8, 4) is 11.5 Å². The summed E-state index contributed by atoms with van der Waals surface area (Å²) in [7, 11) is 0. The lowest BCUT2D eigenvalue weighted by atomic mass is 9.85. The van der Waals surface area contributed by atoms with E-state index in [0.29, 0.717) is 31.3 Å². The van der Waals surface area contributed by atoms with Crippen LogP contribution in [0.4, 0.5) is 0 Å². The van der Waals surface area contributed by atoms with Gasteiger partial charge in [0.25, 0.3) is 0 Å². The molecule has 0 unspecified atom stereocenters. The second-order valence-corrected chi connectivity index (χ2v) is 6.47. The molecule has 2 rings (SSSR count). The lowest BCUT2D eigenvalue weighted by molar-refractivity contribution is -0.0346. The zero-order valence-corrected chi connectivity index (χ0v) is 14.1. The molecule has 1 aliphatic rings. The van der Waals surface area contributed by atoms with Crippen LogP contribution in [-0.2, 0) is 6.54 Å². The van der Waals surface area contributed by atoms with Crippen molar-refractivity contribution in [1.29, 1.82) is 0 Å². The van der Waals surface area contributed by atoms with Gasteiger partial charge in [0.15, 0.2) is 11.5 Å². The van der Waals surface area contributed by atoms with E-state index in [4.69, 9.17) is 15.2 Å². The van der Waals surface area contributed by atoms with Crippen molar-refractivity contribution in [3.63, 3.8) is 0 Å². The Morgan fingerprint density at radius 3 is 2.57 bits per heavy atom. The molecule has 21 heavy (non-hydrogen) atoms. The highest BCUT2D eigenvalue weighted by molar-refractivity contribution is 9.10. The Morgan fingerprint density at radius 1 is 1.24 bits per heavy atom. The van der Waals surface area contributed by atoms with Crippen LogP contribution in [0.1, 0.15) is 44.6 Å². The number of hydrogen-bond donors (Lipinski definition) is 2. The van der Waals surface area contributed by atoms with Crippen molar-refractivity contribution in [3.05, 3.63) is 22.2 Å². The van der Waals surface area contributed by atoms with Crippen molar-refractivity contribution in [2.75, 3.05) is 13.2 Å². The Labute approximate surface area is 134 Å². The first-order chi connectivity index (χ1) is 10.1. The SMILES string of the molecule is CCOc1cc(CN)cc(Br)c1OCC1(O)CCCCC1. The van der Waals surface area contributed by atoms with Crippen LogP contribution in [0.25, 0.3) is 0 Å². The number of halogens is 1. The molecule has 118 valence electrons. The number of hydrogen-bond acceptors (Lipinski definition) is 4. The van der Waals surface area contributed by atoms with Crippen molar-refractivity contribution in [2.24, 2.45) is 5.73 Å². The summed E-state index contributed by atoms with van der Waals surface area (Å²) in [4.78, 5) is 0. The van der Waals surface area contributed by atoms with Gasteiger partial charge in [-0.3, -0.25) is 0 Å². The molecule has 1 saturated carbocycles. The van der Waals surface area contributed by atoms with Gasteiger partial charge in [-0.2, -0.15) is 0 Å². The van der Waals surface area contributed by atoms with E-state index < -0.39 is 5.60 Å². The molecule has 0 spiro atoms. The van der Waals surface area contributed by atoms with Gasteiger partial charge in [-0.25, -0.2) is 0 Å². The van der Waals surface area contributed by atoms with Crippen LogP contribution in [0, 0.1) is 0 Å². The summed E-state index contributed by atoms with van der Waals surface area (Å²) in [5.41, 5.74) is 5.95.